The van der Waals surface area contributed by atoms with Gasteiger partial charge in [0.15, 0.2) is 6.29 Å². The summed E-state index contributed by atoms with van der Waals surface area (Å²) in [5.74, 6) is 1.42. The number of hydrogen-bond acceptors (Lipinski definition) is 5. The number of nitrogens with one attached hydrogen (secondary N) is 1. The lowest BCUT2D eigenvalue weighted by atomic mass is 10.1. The number of rotatable bonds is 11. The van der Waals surface area contributed by atoms with Gasteiger partial charge in [-0.3, -0.25) is 4.79 Å². The molecule has 0 fully saturated rings. The summed E-state index contributed by atoms with van der Waals surface area (Å²) in [6.07, 6.45) is 1.45. The molecule has 0 radical (unpaired) electrons. The molecule has 6 heteroatoms. The molecule has 0 saturated carbocycles. The molecule has 1 amide bonds. The second kappa shape index (κ2) is 10.8. The van der Waals surface area contributed by atoms with Gasteiger partial charge in [0, 0.05) is 25.2 Å². The van der Waals surface area contributed by atoms with Gasteiger partial charge in [-0.2, -0.15) is 0 Å². The van der Waals surface area contributed by atoms with Crippen LogP contribution in [0.15, 0.2) is 28.7 Å². The minimum absolute atomic E-state index is 0.0145. The van der Waals surface area contributed by atoms with Crippen LogP contribution in [0.5, 0.6) is 0 Å². The number of oxazole rings is 1. The van der Waals surface area contributed by atoms with Crippen molar-refractivity contribution in [3.63, 3.8) is 0 Å². The zero-order valence-electron chi connectivity index (χ0n) is 16.7. The molecular weight excluding hydrogens is 344 g/mol. The van der Waals surface area contributed by atoms with Crippen LogP contribution in [0.4, 0.5) is 0 Å². The molecule has 1 aromatic carbocycles. The number of hydrogen-bond donors (Lipinski definition) is 1. The molecule has 0 saturated heterocycles. The Labute approximate surface area is 161 Å². The zero-order chi connectivity index (χ0) is 19.6. The van der Waals surface area contributed by atoms with Crippen LogP contribution in [-0.4, -0.2) is 36.9 Å². The third-order valence-electron chi connectivity index (χ3n) is 4.18. The second-order valence-corrected chi connectivity index (χ2v) is 6.39. The van der Waals surface area contributed by atoms with Gasteiger partial charge in [-0.1, -0.05) is 17.7 Å². The van der Waals surface area contributed by atoms with E-state index in [1.54, 1.807) is 0 Å². The molecule has 0 aliphatic heterocycles. The first-order valence-electron chi connectivity index (χ1n) is 9.56. The summed E-state index contributed by atoms with van der Waals surface area (Å²) in [4.78, 5) is 16.6. The molecule has 27 heavy (non-hydrogen) atoms. The van der Waals surface area contributed by atoms with E-state index in [0.29, 0.717) is 44.9 Å². The molecule has 2 aromatic rings. The highest BCUT2D eigenvalue weighted by atomic mass is 16.7. The summed E-state index contributed by atoms with van der Waals surface area (Å²) in [6.45, 7) is 9.23. The quantitative estimate of drug-likeness (QED) is 0.606. The van der Waals surface area contributed by atoms with Crippen LogP contribution in [0.25, 0.3) is 11.5 Å². The highest BCUT2D eigenvalue weighted by molar-refractivity contribution is 5.75. The standard InChI is InChI=1S/C21H30N2O4/c1-5-25-20(26-6-2)14-22-19(24)9-7-8-18-16(4)27-21(23-18)17-12-10-15(3)11-13-17/h10-13,20H,5-9,14H2,1-4H3,(H,22,24). The number of carbonyl (C=O) groups excluding carboxylic acids is 1. The van der Waals surface area contributed by atoms with Crippen molar-refractivity contribution in [2.45, 2.75) is 53.2 Å². The number of carbonyl (C=O) groups is 1. The maximum atomic E-state index is 12.0. The summed E-state index contributed by atoms with van der Waals surface area (Å²) in [5, 5.41) is 2.86. The second-order valence-electron chi connectivity index (χ2n) is 6.39. The summed E-state index contributed by atoms with van der Waals surface area (Å²) in [7, 11) is 0. The van der Waals surface area contributed by atoms with Crippen LogP contribution < -0.4 is 5.32 Å². The van der Waals surface area contributed by atoms with Crippen LogP contribution in [0, 0.1) is 13.8 Å². The van der Waals surface area contributed by atoms with Crippen LogP contribution in [0.3, 0.4) is 0 Å². The van der Waals surface area contributed by atoms with Gasteiger partial charge in [0.25, 0.3) is 0 Å². The molecule has 6 nitrogen and oxygen atoms in total. The molecule has 0 spiro atoms. The van der Waals surface area contributed by atoms with Gasteiger partial charge in [-0.15, -0.1) is 0 Å². The first kappa shape index (κ1) is 21.1. The third kappa shape index (κ3) is 6.81. The highest BCUT2D eigenvalue weighted by Gasteiger charge is 2.13. The van der Waals surface area contributed by atoms with Crippen molar-refractivity contribution >= 4 is 5.91 Å². The molecule has 0 bridgehead atoms. The van der Waals surface area contributed by atoms with E-state index in [9.17, 15) is 4.79 Å². The molecule has 0 atom stereocenters. The molecule has 1 aromatic heterocycles. The van der Waals surface area contributed by atoms with Crippen molar-refractivity contribution < 1.29 is 18.7 Å². The Morgan fingerprint density at radius 1 is 1.15 bits per heavy atom. The van der Waals surface area contributed by atoms with E-state index in [1.807, 2.05) is 52.0 Å². The molecule has 1 heterocycles. The van der Waals surface area contributed by atoms with Crippen molar-refractivity contribution in [3.8, 4) is 11.5 Å². The minimum atomic E-state index is -0.390. The van der Waals surface area contributed by atoms with Gasteiger partial charge in [0.05, 0.1) is 12.2 Å². The van der Waals surface area contributed by atoms with Gasteiger partial charge >= 0.3 is 0 Å². The van der Waals surface area contributed by atoms with E-state index in [2.05, 4.69) is 10.3 Å². The lowest BCUT2D eigenvalue weighted by Gasteiger charge is -2.17. The largest absolute Gasteiger partial charge is 0.441 e. The average Bonchev–Trinajstić information content (AvgIpc) is 3.01. The van der Waals surface area contributed by atoms with Crippen molar-refractivity contribution in [2.24, 2.45) is 0 Å². The van der Waals surface area contributed by atoms with Crippen LogP contribution in [-0.2, 0) is 20.7 Å². The van der Waals surface area contributed by atoms with Crippen molar-refractivity contribution in [1.82, 2.24) is 10.3 Å². The highest BCUT2D eigenvalue weighted by Crippen LogP contribution is 2.23. The van der Waals surface area contributed by atoms with Crippen molar-refractivity contribution in [1.29, 1.82) is 0 Å². The summed E-state index contributed by atoms with van der Waals surface area (Å²) < 4.78 is 16.6. The van der Waals surface area contributed by atoms with Gasteiger partial charge < -0.3 is 19.2 Å². The van der Waals surface area contributed by atoms with Crippen LogP contribution >= 0.6 is 0 Å². The Kier molecular flexibility index (Phi) is 8.48. The predicted molar refractivity (Wildman–Crippen MR) is 104 cm³/mol. The minimum Gasteiger partial charge on any atom is -0.441 e. The molecule has 0 aliphatic rings. The van der Waals surface area contributed by atoms with Gasteiger partial charge in [-0.05, 0) is 52.7 Å². The SMILES string of the molecule is CCOC(CNC(=O)CCCc1nc(-c2ccc(C)cc2)oc1C)OCC. The topological polar surface area (TPSA) is 73.6 Å². The van der Waals surface area contributed by atoms with E-state index in [4.69, 9.17) is 13.9 Å². The van der Waals surface area contributed by atoms with E-state index in [1.165, 1.54) is 5.56 Å². The maximum Gasteiger partial charge on any atom is 0.226 e. The Morgan fingerprint density at radius 2 is 1.81 bits per heavy atom. The van der Waals surface area contributed by atoms with Crippen molar-refractivity contribution in [3.05, 3.63) is 41.3 Å². The molecule has 0 aliphatic carbocycles. The smallest absolute Gasteiger partial charge is 0.226 e. The maximum absolute atomic E-state index is 12.0. The van der Waals surface area contributed by atoms with E-state index in [0.717, 1.165) is 17.0 Å². The first-order chi connectivity index (χ1) is 13.0. The monoisotopic (exact) mass is 374 g/mol. The number of nitrogens with zero attached hydrogens (tertiary/aromatic N) is 1. The average molecular weight is 374 g/mol. The van der Waals surface area contributed by atoms with E-state index < -0.39 is 0 Å². The Bertz CT molecular complexity index is 703. The van der Waals surface area contributed by atoms with E-state index in [-0.39, 0.29) is 12.2 Å². The molecule has 148 valence electrons. The lowest BCUT2D eigenvalue weighted by molar-refractivity contribution is -0.140. The third-order valence-corrected chi connectivity index (χ3v) is 4.18. The van der Waals surface area contributed by atoms with Crippen LogP contribution in [0.1, 0.15) is 43.7 Å². The molecule has 2 rings (SSSR count). The number of aryl methyl sites for hydroxylation is 3. The summed E-state index contributed by atoms with van der Waals surface area (Å²) in [5.41, 5.74) is 3.06. The van der Waals surface area contributed by atoms with Gasteiger partial charge in [-0.25, -0.2) is 4.98 Å². The number of ether oxygens (including phenoxy) is 2. The first-order valence-corrected chi connectivity index (χ1v) is 9.56. The van der Waals surface area contributed by atoms with Gasteiger partial charge in [0.2, 0.25) is 11.8 Å². The Hall–Kier alpha value is -2.18. The zero-order valence-corrected chi connectivity index (χ0v) is 16.7. The predicted octanol–water partition coefficient (Wildman–Crippen LogP) is 3.80. The fourth-order valence-corrected chi connectivity index (χ4v) is 2.72. The lowest BCUT2D eigenvalue weighted by Crippen LogP contribution is -2.35. The summed E-state index contributed by atoms with van der Waals surface area (Å²) in [6, 6.07) is 8.09. The fraction of sp³-hybridized carbons (Fsp3) is 0.524. The van der Waals surface area contributed by atoms with E-state index >= 15 is 0 Å². The number of amides is 1. The Balaban J connectivity index is 1.79. The molecule has 1 N–H and O–H groups in total. The van der Waals surface area contributed by atoms with Gasteiger partial charge in [0.1, 0.15) is 5.76 Å². The fourth-order valence-electron chi connectivity index (χ4n) is 2.72. The van der Waals surface area contributed by atoms with Crippen molar-refractivity contribution in [2.75, 3.05) is 19.8 Å². The Morgan fingerprint density at radius 3 is 2.44 bits per heavy atom. The summed E-state index contributed by atoms with van der Waals surface area (Å²) >= 11 is 0. The normalized spacial score (nSPS) is 11.1. The van der Waals surface area contributed by atoms with Crippen LogP contribution in [0.2, 0.25) is 0 Å². The number of benzene rings is 1. The molecule has 0 unspecified atom stereocenters. The molecular formula is C21H30N2O4. The number of aromatic nitrogens is 1.